The summed E-state index contributed by atoms with van der Waals surface area (Å²) in [5.41, 5.74) is 4.54. The van der Waals surface area contributed by atoms with Crippen LogP contribution in [0.4, 0.5) is 18.9 Å². The number of nitrogens with two attached hydrogens (primary N) is 1. The van der Waals surface area contributed by atoms with Gasteiger partial charge in [-0.1, -0.05) is 11.6 Å². The number of rotatable bonds is 5. The molecule has 8 heteroatoms. The zero-order chi connectivity index (χ0) is 15.3. The SMILES string of the molecule is COCCC(N)C(=O)Nc1ccc(Cl)c(C(F)(F)F)c1. The summed E-state index contributed by atoms with van der Waals surface area (Å²) in [6.45, 7) is 0.281. The molecule has 0 spiro atoms. The lowest BCUT2D eigenvalue weighted by atomic mass is 10.1. The molecule has 0 aliphatic heterocycles. The zero-order valence-electron chi connectivity index (χ0n) is 10.6. The van der Waals surface area contributed by atoms with Gasteiger partial charge < -0.3 is 15.8 Å². The lowest BCUT2D eigenvalue weighted by molar-refractivity contribution is -0.137. The Morgan fingerprint density at radius 1 is 1.50 bits per heavy atom. The van der Waals surface area contributed by atoms with Crippen LogP contribution in [0.25, 0.3) is 0 Å². The van der Waals surface area contributed by atoms with Gasteiger partial charge >= 0.3 is 6.18 Å². The van der Waals surface area contributed by atoms with Crippen LogP contribution in [0.1, 0.15) is 12.0 Å². The first-order chi connectivity index (χ1) is 9.25. The lowest BCUT2D eigenvalue weighted by Gasteiger charge is -2.14. The summed E-state index contributed by atoms with van der Waals surface area (Å²) < 4.78 is 42.7. The third-order valence-electron chi connectivity index (χ3n) is 2.51. The highest BCUT2D eigenvalue weighted by molar-refractivity contribution is 6.31. The largest absolute Gasteiger partial charge is 0.417 e. The molecule has 4 nitrogen and oxygen atoms in total. The molecule has 0 bridgehead atoms. The van der Waals surface area contributed by atoms with Gasteiger partial charge in [-0.25, -0.2) is 0 Å². The van der Waals surface area contributed by atoms with Gasteiger partial charge in [-0.15, -0.1) is 0 Å². The van der Waals surface area contributed by atoms with Crippen molar-refractivity contribution < 1.29 is 22.7 Å². The molecule has 1 amide bonds. The van der Waals surface area contributed by atoms with Gasteiger partial charge in [0.05, 0.1) is 16.6 Å². The highest BCUT2D eigenvalue weighted by Gasteiger charge is 2.33. The van der Waals surface area contributed by atoms with Crippen molar-refractivity contribution in [1.29, 1.82) is 0 Å². The highest BCUT2D eigenvalue weighted by atomic mass is 35.5. The smallest absolute Gasteiger partial charge is 0.385 e. The Balaban J connectivity index is 2.81. The molecule has 0 heterocycles. The Hall–Kier alpha value is -1.31. The maximum absolute atomic E-state index is 12.7. The molecular formula is C12H14ClF3N2O2. The number of alkyl halides is 3. The second kappa shape index (κ2) is 6.92. The van der Waals surface area contributed by atoms with E-state index in [4.69, 9.17) is 22.1 Å². The highest BCUT2D eigenvalue weighted by Crippen LogP contribution is 2.36. The van der Waals surface area contributed by atoms with Crippen molar-refractivity contribution in [2.45, 2.75) is 18.6 Å². The molecule has 0 aliphatic carbocycles. The summed E-state index contributed by atoms with van der Waals surface area (Å²) in [5.74, 6) is -0.586. The summed E-state index contributed by atoms with van der Waals surface area (Å²) in [4.78, 5) is 11.7. The van der Waals surface area contributed by atoms with Crippen molar-refractivity contribution in [1.82, 2.24) is 0 Å². The fourth-order valence-corrected chi connectivity index (χ4v) is 1.66. The van der Waals surface area contributed by atoms with Crippen LogP contribution in [0.5, 0.6) is 0 Å². The third kappa shape index (κ3) is 4.66. The van der Waals surface area contributed by atoms with Crippen molar-refractivity contribution in [3.8, 4) is 0 Å². The van der Waals surface area contributed by atoms with Crippen LogP contribution in [-0.2, 0) is 15.7 Å². The minimum Gasteiger partial charge on any atom is -0.385 e. The summed E-state index contributed by atoms with van der Waals surface area (Å²) in [7, 11) is 1.46. The fraction of sp³-hybridized carbons (Fsp3) is 0.417. The summed E-state index contributed by atoms with van der Waals surface area (Å²) in [6.07, 6.45) is -4.32. The van der Waals surface area contributed by atoms with E-state index in [0.717, 1.165) is 12.1 Å². The molecule has 0 fully saturated rings. The predicted octanol–water partition coefficient (Wildman–Crippen LogP) is 2.66. The third-order valence-corrected chi connectivity index (χ3v) is 2.84. The van der Waals surface area contributed by atoms with E-state index in [1.807, 2.05) is 0 Å². The van der Waals surface area contributed by atoms with Crippen LogP contribution in [0, 0.1) is 0 Å². The van der Waals surface area contributed by atoms with Crippen molar-refractivity contribution in [2.75, 3.05) is 19.0 Å². The molecule has 112 valence electrons. The van der Waals surface area contributed by atoms with Crippen molar-refractivity contribution >= 4 is 23.2 Å². The standard InChI is InChI=1S/C12H14ClF3N2O2/c1-20-5-4-10(17)11(19)18-7-2-3-9(13)8(6-7)12(14,15)16/h2-3,6,10H,4-5,17H2,1H3,(H,18,19). The molecule has 1 atom stereocenters. The second-order valence-corrected chi connectivity index (χ2v) is 4.48. The number of ether oxygens (including phenoxy) is 1. The van der Waals surface area contributed by atoms with Crippen molar-refractivity contribution in [2.24, 2.45) is 5.73 Å². The molecule has 1 aromatic rings. The number of carbonyl (C=O) groups is 1. The number of hydrogen-bond acceptors (Lipinski definition) is 3. The van der Waals surface area contributed by atoms with Crippen molar-refractivity contribution in [3.63, 3.8) is 0 Å². The molecule has 0 saturated heterocycles. The van der Waals surface area contributed by atoms with Gasteiger partial charge in [0.2, 0.25) is 5.91 Å². The van der Waals surface area contributed by atoms with Crippen LogP contribution >= 0.6 is 11.6 Å². The van der Waals surface area contributed by atoms with E-state index in [2.05, 4.69) is 5.32 Å². The van der Waals surface area contributed by atoms with Crippen LogP contribution in [0.3, 0.4) is 0 Å². The first-order valence-electron chi connectivity index (χ1n) is 5.68. The number of methoxy groups -OCH3 is 1. The van der Waals surface area contributed by atoms with E-state index >= 15 is 0 Å². The molecule has 20 heavy (non-hydrogen) atoms. The minimum absolute atomic E-state index is 0.0143. The number of halogens is 4. The van der Waals surface area contributed by atoms with Gasteiger partial charge in [0.1, 0.15) is 0 Å². The van der Waals surface area contributed by atoms with Gasteiger partial charge in [0.25, 0.3) is 0 Å². The number of amides is 1. The zero-order valence-corrected chi connectivity index (χ0v) is 11.4. The first kappa shape index (κ1) is 16.7. The number of carbonyl (C=O) groups excluding carboxylic acids is 1. The van der Waals surface area contributed by atoms with Crippen LogP contribution in [0.15, 0.2) is 18.2 Å². The normalized spacial score (nSPS) is 13.1. The van der Waals surface area contributed by atoms with E-state index in [1.54, 1.807) is 0 Å². The number of nitrogens with one attached hydrogen (secondary N) is 1. The molecule has 0 aromatic heterocycles. The average molecular weight is 311 g/mol. The molecule has 0 radical (unpaired) electrons. The molecule has 1 aromatic carbocycles. The maximum Gasteiger partial charge on any atom is 0.417 e. The lowest BCUT2D eigenvalue weighted by Crippen LogP contribution is -2.36. The Morgan fingerprint density at radius 3 is 2.70 bits per heavy atom. The number of benzene rings is 1. The van der Waals surface area contributed by atoms with Gasteiger partial charge in [0.15, 0.2) is 0 Å². The Labute approximate surface area is 119 Å². The topological polar surface area (TPSA) is 64.3 Å². The summed E-state index contributed by atoms with van der Waals surface area (Å²) in [5, 5.41) is 1.88. The molecular weight excluding hydrogens is 297 g/mol. The summed E-state index contributed by atoms with van der Waals surface area (Å²) in [6, 6.07) is 2.25. The summed E-state index contributed by atoms with van der Waals surface area (Å²) >= 11 is 5.47. The number of hydrogen-bond donors (Lipinski definition) is 2. The van der Waals surface area contributed by atoms with E-state index in [1.165, 1.54) is 13.2 Å². The van der Waals surface area contributed by atoms with Crippen molar-refractivity contribution in [3.05, 3.63) is 28.8 Å². The molecule has 1 rings (SSSR count). The van der Waals surface area contributed by atoms with Crippen LogP contribution in [-0.4, -0.2) is 25.7 Å². The first-order valence-corrected chi connectivity index (χ1v) is 6.05. The minimum atomic E-state index is -4.59. The monoisotopic (exact) mass is 310 g/mol. The predicted molar refractivity (Wildman–Crippen MR) is 69.6 cm³/mol. The van der Waals surface area contributed by atoms with E-state index in [-0.39, 0.29) is 18.7 Å². The quantitative estimate of drug-likeness (QED) is 0.879. The Bertz CT molecular complexity index is 480. The van der Waals surface area contributed by atoms with Gasteiger partial charge in [-0.2, -0.15) is 13.2 Å². The molecule has 0 aliphatic rings. The van der Waals surface area contributed by atoms with Crippen LogP contribution < -0.4 is 11.1 Å². The Kier molecular flexibility index (Phi) is 5.79. The van der Waals surface area contributed by atoms with Crippen LogP contribution in [0.2, 0.25) is 5.02 Å². The van der Waals surface area contributed by atoms with Gasteiger partial charge in [-0.3, -0.25) is 4.79 Å². The average Bonchev–Trinajstić information content (AvgIpc) is 2.36. The van der Waals surface area contributed by atoms with E-state index in [0.29, 0.717) is 0 Å². The van der Waals surface area contributed by atoms with Gasteiger partial charge in [-0.05, 0) is 24.6 Å². The molecule has 1 unspecified atom stereocenters. The van der Waals surface area contributed by atoms with E-state index < -0.39 is 28.7 Å². The fourth-order valence-electron chi connectivity index (χ4n) is 1.43. The maximum atomic E-state index is 12.7. The van der Waals surface area contributed by atoms with E-state index in [9.17, 15) is 18.0 Å². The number of anilines is 1. The molecule has 0 saturated carbocycles. The Morgan fingerprint density at radius 2 is 2.15 bits per heavy atom. The second-order valence-electron chi connectivity index (χ2n) is 4.07. The van der Waals surface area contributed by atoms with Gasteiger partial charge in [0, 0.05) is 19.4 Å². The molecule has 3 N–H and O–H groups in total.